The van der Waals surface area contributed by atoms with Crippen molar-refractivity contribution in [3.8, 4) is 17.0 Å². The van der Waals surface area contributed by atoms with Crippen molar-refractivity contribution < 1.29 is 17.9 Å². The van der Waals surface area contributed by atoms with Crippen LogP contribution in [0.15, 0.2) is 36.8 Å². The lowest BCUT2D eigenvalue weighted by Crippen LogP contribution is -2.03. The SMILES string of the molecule is Fc1cc(-c2cnc3c(Cl)nccn23)ccc1OC(F)F. The van der Waals surface area contributed by atoms with Gasteiger partial charge in [-0.1, -0.05) is 11.6 Å². The summed E-state index contributed by atoms with van der Waals surface area (Å²) in [5.74, 6) is -1.40. The van der Waals surface area contributed by atoms with E-state index in [-0.39, 0.29) is 5.15 Å². The third-order valence-electron chi connectivity index (χ3n) is 2.83. The van der Waals surface area contributed by atoms with Crippen LogP contribution < -0.4 is 4.74 Å². The molecule has 0 spiro atoms. The number of alkyl halides is 2. The molecular weight excluding hydrogens is 307 g/mol. The van der Waals surface area contributed by atoms with Gasteiger partial charge in [-0.15, -0.1) is 0 Å². The summed E-state index contributed by atoms with van der Waals surface area (Å²) in [6.45, 7) is -3.08. The maximum Gasteiger partial charge on any atom is 0.387 e. The smallest absolute Gasteiger partial charge is 0.387 e. The zero-order valence-electron chi connectivity index (χ0n) is 10.3. The van der Waals surface area contributed by atoms with Gasteiger partial charge in [0.25, 0.3) is 0 Å². The van der Waals surface area contributed by atoms with E-state index in [1.807, 2.05) is 0 Å². The van der Waals surface area contributed by atoms with E-state index in [0.29, 0.717) is 16.9 Å². The van der Waals surface area contributed by atoms with Crippen LogP contribution in [-0.2, 0) is 0 Å². The molecule has 8 heteroatoms. The standard InChI is InChI=1S/C13H7ClF3N3O/c14-11-12-19-6-9(20(12)4-3-18-11)7-1-2-10(8(15)5-7)21-13(16)17/h1-6,13H. The highest BCUT2D eigenvalue weighted by Gasteiger charge is 2.14. The molecule has 0 saturated carbocycles. The average molecular weight is 314 g/mol. The Morgan fingerprint density at radius 1 is 1.24 bits per heavy atom. The first-order chi connectivity index (χ1) is 10.1. The van der Waals surface area contributed by atoms with Crippen molar-refractivity contribution in [2.45, 2.75) is 6.61 Å². The molecule has 0 atom stereocenters. The molecule has 1 aromatic carbocycles. The van der Waals surface area contributed by atoms with Gasteiger partial charge in [0.1, 0.15) is 0 Å². The van der Waals surface area contributed by atoms with Crippen LogP contribution >= 0.6 is 11.6 Å². The molecule has 0 aliphatic rings. The van der Waals surface area contributed by atoms with Crippen LogP contribution in [0.25, 0.3) is 16.9 Å². The van der Waals surface area contributed by atoms with Crippen LogP contribution in [-0.4, -0.2) is 21.0 Å². The number of rotatable bonds is 3. The molecule has 4 nitrogen and oxygen atoms in total. The molecule has 108 valence electrons. The molecule has 0 radical (unpaired) electrons. The lowest BCUT2D eigenvalue weighted by molar-refractivity contribution is -0.0521. The Bertz CT molecular complexity index is 806. The number of fused-ring (bicyclic) bond motifs is 1. The van der Waals surface area contributed by atoms with Gasteiger partial charge < -0.3 is 4.74 Å². The minimum Gasteiger partial charge on any atom is -0.432 e. The molecule has 0 N–H and O–H groups in total. The molecule has 0 bridgehead atoms. The van der Waals surface area contributed by atoms with E-state index < -0.39 is 18.2 Å². The zero-order valence-corrected chi connectivity index (χ0v) is 11.1. The Balaban J connectivity index is 2.07. The Labute approximate surface area is 121 Å². The van der Waals surface area contributed by atoms with Crippen LogP contribution in [0, 0.1) is 5.82 Å². The number of nitrogens with zero attached hydrogens (tertiary/aromatic N) is 3. The maximum absolute atomic E-state index is 13.8. The fourth-order valence-electron chi connectivity index (χ4n) is 1.95. The zero-order chi connectivity index (χ0) is 15.0. The molecule has 2 heterocycles. The monoisotopic (exact) mass is 313 g/mol. The molecule has 0 aliphatic carbocycles. The molecule has 0 saturated heterocycles. The van der Waals surface area contributed by atoms with E-state index in [1.54, 1.807) is 10.6 Å². The molecule has 0 fully saturated rings. The molecular formula is C13H7ClF3N3O. The Morgan fingerprint density at radius 3 is 2.76 bits per heavy atom. The second-order valence-electron chi connectivity index (χ2n) is 4.08. The van der Waals surface area contributed by atoms with E-state index in [2.05, 4.69) is 14.7 Å². The number of benzene rings is 1. The van der Waals surface area contributed by atoms with Gasteiger partial charge in [0, 0.05) is 18.0 Å². The normalized spacial score (nSPS) is 11.3. The quantitative estimate of drug-likeness (QED) is 0.738. The highest BCUT2D eigenvalue weighted by atomic mass is 35.5. The van der Waals surface area contributed by atoms with Crippen molar-refractivity contribution in [3.05, 3.63) is 47.8 Å². The molecule has 0 aliphatic heterocycles. The number of aromatic nitrogens is 3. The second kappa shape index (κ2) is 5.25. The lowest BCUT2D eigenvalue weighted by Gasteiger charge is -2.07. The number of ether oxygens (including phenoxy) is 1. The first-order valence-corrected chi connectivity index (χ1v) is 6.16. The topological polar surface area (TPSA) is 39.4 Å². The lowest BCUT2D eigenvalue weighted by atomic mass is 10.1. The number of hydrogen-bond acceptors (Lipinski definition) is 3. The summed E-state index contributed by atoms with van der Waals surface area (Å²) >= 11 is 5.90. The van der Waals surface area contributed by atoms with E-state index in [9.17, 15) is 13.2 Å². The highest BCUT2D eigenvalue weighted by Crippen LogP contribution is 2.28. The second-order valence-corrected chi connectivity index (χ2v) is 4.44. The molecule has 0 amide bonds. The Hall–Kier alpha value is -2.28. The number of hydrogen-bond donors (Lipinski definition) is 0. The molecule has 2 aromatic heterocycles. The first-order valence-electron chi connectivity index (χ1n) is 5.78. The van der Waals surface area contributed by atoms with E-state index in [1.165, 1.54) is 18.5 Å². The highest BCUT2D eigenvalue weighted by molar-refractivity contribution is 6.32. The van der Waals surface area contributed by atoms with Gasteiger partial charge in [0.05, 0.1) is 11.9 Å². The van der Waals surface area contributed by atoms with Crippen LogP contribution in [0.3, 0.4) is 0 Å². The summed E-state index contributed by atoms with van der Waals surface area (Å²) in [5, 5.41) is 0.210. The van der Waals surface area contributed by atoms with Gasteiger partial charge >= 0.3 is 6.61 Å². The van der Waals surface area contributed by atoms with Crippen molar-refractivity contribution in [1.29, 1.82) is 0 Å². The summed E-state index contributed by atoms with van der Waals surface area (Å²) in [6, 6.07) is 3.69. The van der Waals surface area contributed by atoms with Crippen molar-refractivity contribution in [3.63, 3.8) is 0 Å². The molecule has 0 unspecified atom stereocenters. The van der Waals surface area contributed by atoms with Crippen LogP contribution in [0.2, 0.25) is 5.15 Å². The van der Waals surface area contributed by atoms with Gasteiger partial charge in [0.2, 0.25) is 0 Å². The van der Waals surface area contributed by atoms with Crippen molar-refractivity contribution >= 4 is 17.2 Å². The van der Waals surface area contributed by atoms with Gasteiger partial charge in [0.15, 0.2) is 22.4 Å². The fraction of sp³-hybridized carbons (Fsp3) is 0.0769. The van der Waals surface area contributed by atoms with E-state index >= 15 is 0 Å². The Kier molecular flexibility index (Phi) is 3.42. The van der Waals surface area contributed by atoms with Crippen molar-refractivity contribution in [2.75, 3.05) is 0 Å². The first kappa shape index (κ1) is 13.7. The predicted octanol–water partition coefficient (Wildman–Crippen LogP) is 3.79. The summed E-state index contributed by atoms with van der Waals surface area (Å²) in [7, 11) is 0. The van der Waals surface area contributed by atoms with Gasteiger partial charge in [-0.05, 0) is 18.2 Å². The maximum atomic E-state index is 13.8. The predicted molar refractivity (Wildman–Crippen MR) is 70.0 cm³/mol. The summed E-state index contributed by atoms with van der Waals surface area (Å²) in [4.78, 5) is 7.97. The average Bonchev–Trinajstić information content (AvgIpc) is 2.86. The van der Waals surface area contributed by atoms with E-state index in [4.69, 9.17) is 11.6 Å². The fourth-order valence-corrected chi connectivity index (χ4v) is 2.15. The molecule has 3 rings (SSSR count). The molecule has 3 aromatic rings. The van der Waals surface area contributed by atoms with Crippen LogP contribution in [0.4, 0.5) is 13.2 Å². The van der Waals surface area contributed by atoms with E-state index in [0.717, 1.165) is 12.1 Å². The minimum atomic E-state index is -3.08. The van der Waals surface area contributed by atoms with Crippen LogP contribution in [0.5, 0.6) is 5.75 Å². The largest absolute Gasteiger partial charge is 0.432 e. The van der Waals surface area contributed by atoms with Gasteiger partial charge in [-0.2, -0.15) is 8.78 Å². The summed E-state index contributed by atoms with van der Waals surface area (Å²) in [6.07, 6.45) is 4.58. The number of halogens is 4. The molecule has 21 heavy (non-hydrogen) atoms. The van der Waals surface area contributed by atoms with Crippen molar-refractivity contribution in [2.24, 2.45) is 0 Å². The van der Waals surface area contributed by atoms with Crippen LogP contribution in [0.1, 0.15) is 0 Å². The third kappa shape index (κ3) is 2.52. The number of imidazole rings is 1. The summed E-state index contributed by atoms with van der Waals surface area (Å²) in [5.41, 5.74) is 1.42. The Morgan fingerprint density at radius 2 is 2.05 bits per heavy atom. The minimum absolute atomic E-state index is 0.210. The third-order valence-corrected chi connectivity index (χ3v) is 3.10. The van der Waals surface area contributed by atoms with Gasteiger partial charge in [-0.25, -0.2) is 14.4 Å². The summed E-state index contributed by atoms with van der Waals surface area (Å²) < 4.78 is 43.6. The van der Waals surface area contributed by atoms with Crippen molar-refractivity contribution in [1.82, 2.24) is 14.4 Å². The van der Waals surface area contributed by atoms with Gasteiger partial charge in [-0.3, -0.25) is 4.40 Å².